The molecular formula is C15H20N4. The molecule has 100 valence electrons. The largest absolute Gasteiger partial charge is 0.326 e. The summed E-state index contributed by atoms with van der Waals surface area (Å²) in [5, 5.41) is 0. The van der Waals surface area contributed by atoms with Crippen molar-refractivity contribution >= 4 is 0 Å². The van der Waals surface area contributed by atoms with Gasteiger partial charge in [-0.25, -0.2) is 0 Å². The highest BCUT2D eigenvalue weighted by molar-refractivity contribution is 5.13. The Balaban J connectivity index is 2.16. The molecule has 0 amide bonds. The molecule has 0 spiro atoms. The van der Waals surface area contributed by atoms with Gasteiger partial charge in [-0.2, -0.15) is 0 Å². The molecule has 2 heterocycles. The number of hydrogen-bond donors (Lipinski definition) is 1. The molecule has 2 aromatic rings. The number of aromatic nitrogens is 2. The molecule has 0 aliphatic heterocycles. The number of nitrogens with zero attached hydrogens (tertiary/aromatic N) is 3. The van der Waals surface area contributed by atoms with Crippen LogP contribution in [0.3, 0.4) is 0 Å². The highest BCUT2D eigenvalue weighted by atomic mass is 15.2. The summed E-state index contributed by atoms with van der Waals surface area (Å²) in [5.74, 6) is 0. The predicted octanol–water partition coefficient (Wildman–Crippen LogP) is 2.00. The second-order valence-electron chi connectivity index (χ2n) is 4.83. The van der Waals surface area contributed by atoms with Gasteiger partial charge < -0.3 is 5.73 Å². The smallest absolute Gasteiger partial charge is 0.0671 e. The van der Waals surface area contributed by atoms with Crippen LogP contribution in [0.2, 0.25) is 0 Å². The molecule has 0 bridgehead atoms. The van der Waals surface area contributed by atoms with E-state index in [4.69, 9.17) is 5.73 Å². The Labute approximate surface area is 114 Å². The first-order chi connectivity index (χ1) is 9.18. The Kier molecular flexibility index (Phi) is 4.60. The van der Waals surface area contributed by atoms with E-state index in [1.54, 1.807) is 6.20 Å². The highest BCUT2D eigenvalue weighted by Gasteiger charge is 2.22. The molecule has 2 unspecified atom stereocenters. The molecule has 0 aliphatic carbocycles. The van der Waals surface area contributed by atoms with E-state index in [2.05, 4.69) is 28.0 Å². The molecule has 4 nitrogen and oxygen atoms in total. The summed E-state index contributed by atoms with van der Waals surface area (Å²) >= 11 is 0. The fourth-order valence-electron chi connectivity index (χ4n) is 2.33. The molecule has 2 rings (SSSR count). The van der Waals surface area contributed by atoms with Crippen LogP contribution in [0.5, 0.6) is 0 Å². The lowest BCUT2D eigenvalue weighted by atomic mass is 10.0. The lowest BCUT2D eigenvalue weighted by Gasteiger charge is -2.30. The third kappa shape index (κ3) is 3.59. The van der Waals surface area contributed by atoms with E-state index in [1.807, 2.05) is 43.6 Å². The maximum absolute atomic E-state index is 6.13. The average Bonchev–Trinajstić information content (AvgIpc) is 2.40. The van der Waals surface area contributed by atoms with Crippen LogP contribution in [-0.4, -0.2) is 28.0 Å². The Morgan fingerprint density at radius 2 is 2.05 bits per heavy atom. The van der Waals surface area contributed by atoms with Crippen LogP contribution in [0.15, 0.2) is 48.9 Å². The van der Waals surface area contributed by atoms with Crippen LogP contribution in [0, 0.1) is 0 Å². The van der Waals surface area contributed by atoms with E-state index in [-0.39, 0.29) is 12.1 Å². The van der Waals surface area contributed by atoms with Gasteiger partial charge in [0.05, 0.1) is 11.7 Å². The summed E-state index contributed by atoms with van der Waals surface area (Å²) in [6.07, 6.45) is 5.47. The Morgan fingerprint density at radius 3 is 2.63 bits per heavy atom. The van der Waals surface area contributed by atoms with E-state index in [0.717, 1.165) is 12.2 Å². The second kappa shape index (κ2) is 6.41. The standard InChI is InChI=1S/C15H20N4/c1-12(16)15(14-7-3-4-9-18-14)19(2)11-13-6-5-8-17-10-13/h3-10,12,15H,11,16H2,1-2H3. The summed E-state index contributed by atoms with van der Waals surface area (Å²) in [6, 6.07) is 10.1. The van der Waals surface area contributed by atoms with Crippen LogP contribution in [0.4, 0.5) is 0 Å². The van der Waals surface area contributed by atoms with E-state index >= 15 is 0 Å². The van der Waals surface area contributed by atoms with E-state index < -0.39 is 0 Å². The zero-order valence-electron chi connectivity index (χ0n) is 11.4. The summed E-state index contributed by atoms with van der Waals surface area (Å²) in [6.45, 7) is 2.82. The third-order valence-corrected chi connectivity index (χ3v) is 3.12. The maximum atomic E-state index is 6.13. The van der Waals surface area contributed by atoms with E-state index in [0.29, 0.717) is 0 Å². The van der Waals surface area contributed by atoms with Crippen molar-refractivity contribution in [2.45, 2.75) is 25.6 Å². The topological polar surface area (TPSA) is 55.0 Å². The number of hydrogen-bond acceptors (Lipinski definition) is 4. The first kappa shape index (κ1) is 13.6. The molecule has 2 atom stereocenters. The number of nitrogens with two attached hydrogens (primary N) is 1. The van der Waals surface area contributed by atoms with E-state index in [1.165, 1.54) is 5.56 Å². The molecule has 0 saturated carbocycles. The average molecular weight is 256 g/mol. The van der Waals surface area contributed by atoms with Crippen LogP contribution >= 0.6 is 0 Å². The molecule has 4 heteroatoms. The third-order valence-electron chi connectivity index (χ3n) is 3.12. The zero-order valence-corrected chi connectivity index (χ0v) is 11.4. The van der Waals surface area contributed by atoms with Gasteiger partial charge in [0.15, 0.2) is 0 Å². The lowest BCUT2D eigenvalue weighted by molar-refractivity contribution is 0.206. The maximum Gasteiger partial charge on any atom is 0.0671 e. The van der Waals surface area contributed by atoms with Gasteiger partial charge in [-0.15, -0.1) is 0 Å². The van der Waals surface area contributed by atoms with Crippen LogP contribution in [-0.2, 0) is 6.54 Å². The molecule has 0 fully saturated rings. The second-order valence-corrected chi connectivity index (χ2v) is 4.83. The van der Waals surface area contributed by atoms with E-state index in [9.17, 15) is 0 Å². The Hall–Kier alpha value is -1.78. The summed E-state index contributed by atoms with van der Waals surface area (Å²) < 4.78 is 0. The zero-order chi connectivity index (χ0) is 13.7. The fraction of sp³-hybridized carbons (Fsp3) is 0.333. The van der Waals surface area contributed by atoms with Gasteiger partial charge in [-0.3, -0.25) is 14.9 Å². The van der Waals surface area contributed by atoms with Crippen LogP contribution < -0.4 is 5.73 Å². The van der Waals surface area contributed by atoms with Crippen molar-refractivity contribution < 1.29 is 0 Å². The molecule has 2 aromatic heterocycles. The Morgan fingerprint density at radius 1 is 1.21 bits per heavy atom. The van der Waals surface area contributed by atoms with Crippen molar-refractivity contribution in [3.05, 3.63) is 60.2 Å². The first-order valence-electron chi connectivity index (χ1n) is 6.44. The monoisotopic (exact) mass is 256 g/mol. The minimum atomic E-state index is 0.0107. The fourth-order valence-corrected chi connectivity index (χ4v) is 2.33. The summed E-state index contributed by atoms with van der Waals surface area (Å²) in [7, 11) is 2.07. The summed E-state index contributed by atoms with van der Waals surface area (Å²) in [5.41, 5.74) is 8.30. The van der Waals surface area contributed by atoms with Gasteiger partial charge >= 0.3 is 0 Å². The SMILES string of the molecule is CC(N)C(c1ccccn1)N(C)Cc1cccnc1. The van der Waals surface area contributed by atoms with Gasteiger partial charge in [-0.1, -0.05) is 12.1 Å². The van der Waals surface area contributed by atoms with Crippen LogP contribution in [0.25, 0.3) is 0 Å². The van der Waals surface area contributed by atoms with Crippen molar-refractivity contribution in [2.24, 2.45) is 5.73 Å². The lowest BCUT2D eigenvalue weighted by Crippen LogP contribution is -2.37. The molecule has 0 aromatic carbocycles. The summed E-state index contributed by atoms with van der Waals surface area (Å²) in [4.78, 5) is 10.8. The Bertz CT molecular complexity index is 484. The normalized spacial score (nSPS) is 14.3. The van der Waals surface area contributed by atoms with Gasteiger partial charge in [0.2, 0.25) is 0 Å². The van der Waals surface area contributed by atoms with Gasteiger partial charge in [0.25, 0.3) is 0 Å². The van der Waals surface area contributed by atoms with Crippen molar-refractivity contribution in [3.63, 3.8) is 0 Å². The van der Waals surface area contributed by atoms with Gasteiger partial charge in [0.1, 0.15) is 0 Å². The molecule has 0 radical (unpaired) electrons. The van der Waals surface area contributed by atoms with Crippen molar-refractivity contribution in [2.75, 3.05) is 7.05 Å². The minimum absolute atomic E-state index is 0.0107. The molecule has 0 saturated heterocycles. The van der Waals surface area contributed by atoms with Crippen molar-refractivity contribution in [1.29, 1.82) is 0 Å². The molecule has 2 N–H and O–H groups in total. The van der Waals surface area contributed by atoms with Gasteiger partial charge in [-0.05, 0) is 37.7 Å². The quantitative estimate of drug-likeness (QED) is 0.889. The first-order valence-corrected chi connectivity index (χ1v) is 6.44. The number of rotatable bonds is 5. The minimum Gasteiger partial charge on any atom is -0.326 e. The highest BCUT2D eigenvalue weighted by Crippen LogP contribution is 2.21. The number of likely N-dealkylation sites (N-methyl/N-ethyl adjacent to an activating group) is 1. The van der Waals surface area contributed by atoms with Crippen molar-refractivity contribution in [3.8, 4) is 0 Å². The molecular weight excluding hydrogens is 236 g/mol. The van der Waals surface area contributed by atoms with Crippen molar-refractivity contribution in [1.82, 2.24) is 14.9 Å². The number of pyridine rings is 2. The van der Waals surface area contributed by atoms with Crippen LogP contribution in [0.1, 0.15) is 24.2 Å². The van der Waals surface area contributed by atoms with Gasteiger partial charge in [0, 0.05) is 31.2 Å². The predicted molar refractivity (Wildman–Crippen MR) is 76.3 cm³/mol. The molecule has 19 heavy (non-hydrogen) atoms. The molecule has 0 aliphatic rings.